The fourth-order valence-electron chi connectivity index (χ4n) is 2.46. The van der Waals surface area contributed by atoms with Gasteiger partial charge in [-0.1, -0.05) is 12.1 Å². The van der Waals surface area contributed by atoms with E-state index in [9.17, 15) is 13.6 Å². The SMILES string of the molecule is CCOc1ccccc1N(C)C(=O)OC1CCC(F)(F)CC1. The van der Waals surface area contributed by atoms with Crippen LogP contribution in [0.3, 0.4) is 0 Å². The van der Waals surface area contributed by atoms with Gasteiger partial charge in [-0.15, -0.1) is 0 Å². The minimum absolute atomic E-state index is 0.194. The largest absolute Gasteiger partial charge is 0.492 e. The number of amides is 1. The molecule has 2 rings (SSSR count). The molecule has 1 fully saturated rings. The molecular formula is C16H21F2NO3. The molecule has 0 N–H and O–H groups in total. The molecule has 1 aromatic carbocycles. The van der Waals surface area contributed by atoms with E-state index < -0.39 is 18.1 Å². The number of hydrogen-bond acceptors (Lipinski definition) is 3. The van der Waals surface area contributed by atoms with Crippen LogP contribution in [-0.4, -0.2) is 31.8 Å². The third-order valence-electron chi connectivity index (χ3n) is 3.73. The number of anilines is 1. The van der Waals surface area contributed by atoms with Crippen LogP contribution in [-0.2, 0) is 4.74 Å². The second-order valence-electron chi connectivity index (χ2n) is 5.40. The number of ether oxygens (including phenoxy) is 2. The summed E-state index contributed by atoms with van der Waals surface area (Å²) in [4.78, 5) is 13.5. The zero-order valence-electron chi connectivity index (χ0n) is 12.9. The Balaban J connectivity index is 1.98. The smallest absolute Gasteiger partial charge is 0.414 e. The van der Waals surface area contributed by atoms with Crippen LogP contribution in [0.1, 0.15) is 32.6 Å². The lowest BCUT2D eigenvalue weighted by Gasteiger charge is -2.29. The minimum atomic E-state index is -2.63. The van der Waals surface area contributed by atoms with Gasteiger partial charge in [-0.3, -0.25) is 4.90 Å². The highest BCUT2D eigenvalue weighted by atomic mass is 19.3. The Kier molecular flexibility index (Phi) is 5.21. The Morgan fingerprint density at radius 3 is 2.59 bits per heavy atom. The molecule has 1 aliphatic carbocycles. The maximum absolute atomic E-state index is 13.1. The van der Waals surface area contributed by atoms with Gasteiger partial charge in [-0.05, 0) is 31.9 Å². The van der Waals surface area contributed by atoms with Crippen molar-refractivity contribution < 1.29 is 23.0 Å². The molecule has 0 unspecified atom stereocenters. The maximum atomic E-state index is 13.1. The van der Waals surface area contributed by atoms with Gasteiger partial charge in [0.1, 0.15) is 11.9 Å². The molecule has 0 atom stereocenters. The molecule has 1 aliphatic rings. The van der Waals surface area contributed by atoms with Gasteiger partial charge in [0, 0.05) is 19.9 Å². The van der Waals surface area contributed by atoms with E-state index in [1.54, 1.807) is 25.2 Å². The van der Waals surface area contributed by atoms with Crippen molar-refractivity contribution in [3.8, 4) is 5.75 Å². The first-order valence-electron chi connectivity index (χ1n) is 7.47. The van der Waals surface area contributed by atoms with E-state index in [1.807, 2.05) is 13.0 Å². The fraction of sp³-hybridized carbons (Fsp3) is 0.562. The molecule has 0 bridgehead atoms. The number of nitrogens with zero attached hydrogens (tertiary/aromatic N) is 1. The summed E-state index contributed by atoms with van der Waals surface area (Å²) >= 11 is 0. The molecule has 1 aromatic rings. The van der Waals surface area contributed by atoms with E-state index in [2.05, 4.69) is 0 Å². The third-order valence-corrected chi connectivity index (χ3v) is 3.73. The predicted octanol–water partition coefficient (Wildman–Crippen LogP) is 4.24. The molecule has 0 aliphatic heterocycles. The van der Waals surface area contributed by atoms with Gasteiger partial charge in [-0.25, -0.2) is 13.6 Å². The molecule has 0 radical (unpaired) electrons. The van der Waals surface area contributed by atoms with E-state index in [0.717, 1.165) is 0 Å². The van der Waals surface area contributed by atoms with Gasteiger partial charge in [0.25, 0.3) is 0 Å². The Hall–Kier alpha value is -1.85. The van der Waals surface area contributed by atoms with Crippen molar-refractivity contribution in [2.24, 2.45) is 0 Å². The average molecular weight is 313 g/mol. The van der Waals surface area contributed by atoms with Gasteiger partial charge in [-0.2, -0.15) is 0 Å². The highest BCUT2D eigenvalue weighted by Crippen LogP contribution is 2.35. The van der Waals surface area contributed by atoms with Gasteiger partial charge in [0.05, 0.1) is 12.3 Å². The number of alkyl halides is 2. The monoisotopic (exact) mass is 313 g/mol. The predicted molar refractivity (Wildman–Crippen MR) is 79.7 cm³/mol. The van der Waals surface area contributed by atoms with Crippen molar-refractivity contribution >= 4 is 11.8 Å². The van der Waals surface area contributed by atoms with Gasteiger partial charge in [0.15, 0.2) is 0 Å². The van der Waals surface area contributed by atoms with Crippen LogP contribution in [0, 0.1) is 0 Å². The Bertz CT molecular complexity index is 512. The van der Waals surface area contributed by atoms with Crippen LogP contribution >= 0.6 is 0 Å². The first kappa shape index (κ1) is 16.5. The molecule has 6 heteroatoms. The van der Waals surface area contributed by atoms with Crippen molar-refractivity contribution in [3.63, 3.8) is 0 Å². The Morgan fingerprint density at radius 2 is 1.95 bits per heavy atom. The molecule has 22 heavy (non-hydrogen) atoms. The molecule has 0 saturated heterocycles. The van der Waals surface area contributed by atoms with E-state index >= 15 is 0 Å². The van der Waals surface area contributed by atoms with Crippen LogP contribution in [0.5, 0.6) is 5.75 Å². The summed E-state index contributed by atoms with van der Waals surface area (Å²) in [7, 11) is 1.58. The number of carbonyl (C=O) groups excluding carboxylic acids is 1. The van der Waals surface area contributed by atoms with Crippen molar-refractivity contribution in [2.45, 2.75) is 44.6 Å². The summed E-state index contributed by atoms with van der Waals surface area (Å²) in [6.07, 6.45) is -1.08. The van der Waals surface area contributed by atoms with E-state index in [0.29, 0.717) is 18.0 Å². The molecular weight excluding hydrogens is 292 g/mol. The highest BCUT2D eigenvalue weighted by molar-refractivity contribution is 5.89. The molecule has 122 valence electrons. The molecule has 4 nitrogen and oxygen atoms in total. The summed E-state index contributed by atoms with van der Waals surface area (Å²) in [5.41, 5.74) is 0.593. The first-order chi connectivity index (χ1) is 10.4. The van der Waals surface area contributed by atoms with Crippen LogP contribution in [0.25, 0.3) is 0 Å². The lowest BCUT2D eigenvalue weighted by molar-refractivity contribution is -0.0647. The average Bonchev–Trinajstić information content (AvgIpc) is 2.49. The van der Waals surface area contributed by atoms with Crippen LogP contribution < -0.4 is 9.64 Å². The molecule has 0 aromatic heterocycles. The second-order valence-corrected chi connectivity index (χ2v) is 5.40. The zero-order valence-corrected chi connectivity index (χ0v) is 12.9. The second kappa shape index (κ2) is 6.94. The number of benzene rings is 1. The fourth-order valence-corrected chi connectivity index (χ4v) is 2.46. The van der Waals surface area contributed by atoms with Crippen molar-refractivity contribution in [2.75, 3.05) is 18.6 Å². The molecule has 0 heterocycles. The number of rotatable bonds is 4. The summed E-state index contributed by atoms with van der Waals surface area (Å²) in [5.74, 6) is -2.05. The van der Waals surface area contributed by atoms with Crippen molar-refractivity contribution in [3.05, 3.63) is 24.3 Å². The minimum Gasteiger partial charge on any atom is -0.492 e. The van der Waals surface area contributed by atoms with E-state index in [-0.39, 0.29) is 25.7 Å². The normalized spacial score (nSPS) is 17.8. The quantitative estimate of drug-likeness (QED) is 0.834. The molecule has 1 amide bonds. The van der Waals surface area contributed by atoms with E-state index in [4.69, 9.17) is 9.47 Å². The van der Waals surface area contributed by atoms with Crippen LogP contribution in [0.15, 0.2) is 24.3 Å². The van der Waals surface area contributed by atoms with E-state index in [1.165, 1.54) is 4.90 Å². The summed E-state index contributed by atoms with van der Waals surface area (Å²) in [6, 6.07) is 7.13. The lowest BCUT2D eigenvalue weighted by Crippen LogP contribution is -2.35. The topological polar surface area (TPSA) is 38.8 Å². The van der Waals surface area contributed by atoms with Gasteiger partial charge < -0.3 is 9.47 Å². The zero-order chi connectivity index (χ0) is 16.2. The molecule has 1 saturated carbocycles. The lowest BCUT2D eigenvalue weighted by atomic mass is 9.94. The van der Waals surface area contributed by atoms with Gasteiger partial charge >= 0.3 is 6.09 Å². The first-order valence-corrected chi connectivity index (χ1v) is 7.47. The molecule has 0 spiro atoms. The summed E-state index contributed by atoms with van der Waals surface area (Å²) < 4.78 is 37.0. The Labute approximate surface area is 129 Å². The number of carbonyl (C=O) groups is 1. The van der Waals surface area contributed by atoms with Crippen LogP contribution in [0.2, 0.25) is 0 Å². The van der Waals surface area contributed by atoms with Crippen molar-refractivity contribution in [1.29, 1.82) is 0 Å². The number of para-hydroxylation sites is 2. The van der Waals surface area contributed by atoms with Gasteiger partial charge in [0.2, 0.25) is 5.92 Å². The maximum Gasteiger partial charge on any atom is 0.414 e. The summed E-state index contributed by atoms with van der Waals surface area (Å²) in [6.45, 7) is 2.34. The number of halogens is 2. The van der Waals surface area contributed by atoms with Crippen molar-refractivity contribution in [1.82, 2.24) is 0 Å². The standard InChI is InChI=1S/C16H21F2NO3/c1-3-21-14-7-5-4-6-13(14)19(2)15(20)22-12-8-10-16(17,18)11-9-12/h4-7,12H,3,8-11H2,1-2H3. The Morgan fingerprint density at radius 1 is 1.32 bits per heavy atom. The third kappa shape index (κ3) is 4.08. The highest BCUT2D eigenvalue weighted by Gasteiger charge is 2.36. The number of hydrogen-bond donors (Lipinski definition) is 0. The van der Waals surface area contributed by atoms with Crippen LogP contribution in [0.4, 0.5) is 19.3 Å². The summed E-state index contributed by atoms with van der Waals surface area (Å²) in [5, 5.41) is 0.